The van der Waals surface area contributed by atoms with Crippen molar-refractivity contribution >= 4 is 11.9 Å². The van der Waals surface area contributed by atoms with Crippen LogP contribution in [0.15, 0.2) is 54.6 Å². The van der Waals surface area contributed by atoms with E-state index in [-0.39, 0.29) is 5.91 Å². The Bertz CT molecular complexity index is 637. The van der Waals surface area contributed by atoms with E-state index in [0.717, 1.165) is 11.1 Å². The van der Waals surface area contributed by atoms with Gasteiger partial charge in [0.1, 0.15) is 6.04 Å². The first-order chi connectivity index (χ1) is 10.1. The second-order valence-corrected chi connectivity index (χ2v) is 4.63. The predicted octanol–water partition coefficient (Wildman–Crippen LogP) is 2.64. The fourth-order valence-corrected chi connectivity index (χ4v) is 2.06. The van der Waals surface area contributed by atoms with Crippen LogP contribution in [0.2, 0.25) is 0 Å². The second-order valence-electron chi connectivity index (χ2n) is 4.63. The first kappa shape index (κ1) is 14.8. The number of hydrogen-bond donors (Lipinski definition) is 1. The quantitative estimate of drug-likeness (QED) is 0.878. The number of carbonyl (C=O) groups is 2. The summed E-state index contributed by atoms with van der Waals surface area (Å²) in [5.74, 6) is -0.770. The highest BCUT2D eigenvalue weighted by Crippen LogP contribution is 2.23. The van der Waals surface area contributed by atoms with E-state index in [1.165, 1.54) is 7.11 Å². The zero-order valence-electron chi connectivity index (χ0n) is 12.0. The smallest absolute Gasteiger partial charge is 0.328 e. The number of amides is 1. The lowest BCUT2D eigenvalue weighted by atomic mass is 9.99. The average molecular weight is 283 g/mol. The summed E-state index contributed by atoms with van der Waals surface area (Å²) in [5.41, 5.74) is 2.31. The molecule has 2 aromatic rings. The maximum absolute atomic E-state index is 12.4. The number of ether oxygens (including phenoxy) is 1. The van der Waals surface area contributed by atoms with E-state index in [4.69, 9.17) is 0 Å². The van der Waals surface area contributed by atoms with E-state index in [0.29, 0.717) is 5.56 Å². The summed E-state index contributed by atoms with van der Waals surface area (Å²) in [4.78, 5) is 23.7. The van der Waals surface area contributed by atoms with Crippen molar-refractivity contribution in [3.63, 3.8) is 0 Å². The number of rotatable bonds is 4. The van der Waals surface area contributed by atoms with Crippen molar-refractivity contribution in [1.29, 1.82) is 0 Å². The number of nitrogens with one attached hydrogen (secondary N) is 1. The Hall–Kier alpha value is -2.62. The van der Waals surface area contributed by atoms with Crippen LogP contribution in [0.4, 0.5) is 0 Å². The van der Waals surface area contributed by atoms with Crippen LogP contribution in [-0.4, -0.2) is 25.0 Å². The molecule has 108 valence electrons. The van der Waals surface area contributed by atoms with Crippen molar-refractivity contribution in [2.24, 2.45) is 0 Å². The van der Waals surface area contributed by atoms with Crippen LogP contribution < -0.4 is 5.32 Å². The summed E-state index contributed by atoms with van der Waals surface area (Å²) in [6.45, 7) is 1.59. The molecule has 0 fully saturated rings. The molecule has 1 amide bonds. The van der Waals surface area contributed by atoms with E-state index in [1.54, 1.807) is 19.1 Å². The molecule has 0 aliphatic carbocycles. The van der Waals surface area contributed by atoms with E-state index < -0.39 is 12.0 Å². The third-order valence-electron chi connectivity index (χ3n) is 3.16. The van der Waals surface area contributed by atoms with Crippen molar-refractivity contribution in [1.82, 2.24) is 5.32 Å². The third-order valence-corrected chi connectivity index (χ3v) is 3.16. The molecule has 0 spiro atoms. The monoisotopic (exact) mass is 283 g/mol. The molecular weight excluding hydrogens is 266 g/mol. The minimum absolute atomic E-state index is 0.299. The summed E-state index contributed by atoms with van der Waals surface area (Å²) in [7, 11) is 1.29. The maximum atomic E-state index is 12.4. The van der Waals surface area contributed by atoms with Gasteiger partial charge in [-0.1, -0.05) is 48.5 Å². The molecule has 0 aromatic heterocycles. The van der Waals surface area contributed by atoms with Crippen molar-refractivity contribution in [2.75, 3.05) is 7.11 Å². The normalized spacial score (nSPS) is 11.5. The largest absolute Gasteiger partial charge is 0.467 e. The lowest BCUT2D eigenvalue weighted by molar-refractivity contribution is -0.142. The van der Waals surface area contributed by atoms with Crippen LogP contribution in [0, 0.1) is 0 Å². The van der Waals surface area contributed by atoms with E-state index in [2.05, 4.69) is 10.1 Å². The van der Waals surface area contributed by atoms with Crippen molar-refractivity contribution in [3.05, 3.63) is 60.2 Å². The molecule has 1 atom stereocenters. The Kier molecular flexibility index (Phi) is 4.72. The Morgan fingerprint density at radius 1 is 1.00 bits per heavy atom. The van der Waals surface area contributed by atoms with Gasteiger partial charge in [0, 0.05) is 5.56 Å². The molecule has 4 nitrogen and oxygen atoms in total. The van der Waals surface area contributed by atoms with Crippen LogP contribution in [0.3, 0.4) is 0 Å². The molecule has 0 radical (unpaired) electrons. The summed E-state index contributed by atoms with van der Waals surface area (Å²) in [6, 6.07) is 16.2. The fraction of sp³-hybridized carbons (Fsp3) is 0.176. The van der Waals surface area contributed by atoms with Crippen LogP contribution in [0.25, 0.3) is 11.1 Å². The van der Waals surface area contributed by atoms with Gasteiger partial charge in [0.05, 0.1) is 7.11 Å². The molecule has 21 heavy (non-hydrogen) atoms. The predicted molar refractivity (Wildman–Crippen MR) is 80.8 cm³/mol. The second kappa shape index (κ2) is 6.70. The molecule has 0 bridgehead atoms. The SMILES string of the molecule is COC(=O)C(C)NC(=O)c1ccccc1-c1ccccc1. The Morgan fingerprint density at radius 3 is 2.29 bits per heavy atom. The molecule has 0 heterocycles. The summed E-state index contributed by atoms with van der Waals surface area (Å²) < 4.78 is 4.61. The number of methoxy groups -OCH3 is 1. The molecule has 1 N–H and O–H groups in total. The van der Waals surface area contributed by atoms with Crippen molar-refractivity contribution in [3.8, 4) is 11.1 Å². The molecule has 2 aromatic carbocycles. The topological polar surface area (TPSA) is 55.4 Å². The van der Waals surface area contributed by atoms with Gasteiger partial charge in [-0.15, -0.1) is 0 Å². The molecule has 0 saturated heterocycles. The molecule has 0 aliphatic rings. The minimum Gasteiger partial charge on any atom is -0.467 e. The van der Waals surface area contributed by atoms with Gasteiger partial charge in [-0.2, -0.15) is 0 Å². The lowest BCUT2D eigenvalue weighted by Gasteiger charge is -2.14. The zero-order chi connectivity index (χ0) is 15.2. The van der Waals surface area contributed by atoms with E-state index in [9.17, 15) is 9.59 Å². The minimum atomic E-state index is -0.689. The van der Waals surface area contributed by atoms with E-state index >= 15 is 0 Å². The van der Waals surface area contributed by atoms with Crippen LogP contribution in [0.1, 0.15) is 17.3 Å². The number of benzene rings is 2. The molecule has 0 saturated carbocycles. The molecule has 4 heteroatoms. The number of carbonyl (C=O) groups excluding carboxylic acids is 2. The van der Waals surface area contributed by atoms with Gasteiger partial charge in [0.2, 0.25) is 0 Å². The lowest BCUT2D eigenvalue weighted by Crippen LogP contribution is -2.39. The van der Waals surface area contributed by atoms with Crippen molar-refractivity contribution < 1.29 is 14.3 Å². The van der Waals surface area contributed by atoms with Crippen molar-refractivity contribution in [2.45, 2.75) is 13.0 Å². The molecule has 0 aliphatic heterocycles. The first-order valence-corrected chi connectivity index (χ1v) is 6.66. The molecule has 1 unspecified atom stereocenters. The van der Waals surface area contributed by atoms with Gasteiger partial charge in [-0.25, -0.2) is 4.79 Å². The first-order valence-electron chi connectivity index (χ1n) is 6.66. The van der Waals surface area contributed by atoms with Crippen LogP contribution in [0.5, 0.6) is 0 Å². The van der Waals surface area contributed by atoms with Crippen LogP contribution in [-0.2, 0) is 9.53 Å². The third kappa shape index (κ3) is 3.48. The van der Waals surface area contributed by atoms with Gasteiger partial charge < -0.3 is 10.1 Å². The average Bonchev–Trinajstić information content (AvgIpc) is 2.54. The van der Waals surface area contributed by atoms with Gasteiger partial charge in [0.15, 0.2) is 0 Å². The number of esters is 1. The highest BCUT2D eigenvalue weighted by atomic mass is 16.5. The van der Waals surface area contributed by atoms with E-state index in [1.807, 2.05) is 42.5 Å². The van der Waals surface area contributed by atoms with Gasteiger partial charge in [0.25, 0.3) is 5.91 Å². The zero-order valence-corrected chi connectivity index (χ0v) is 12.0. The summed E-state index contributed by atoms with van der Waals surface area (Å²) in [6.07, 6.45) is 0. The van der Waals surface area contributed by atoms with Gasteiger partial charge in [-0.3, -0.25) is 4.79 Å². The highest BCUT2D eigenvalue weighted by Gasteiger charge is 2.19. The summed E-state index contributed by atoms with van der Waals surface area (Å²) >= 11 is 0. The Morgan fingerprint density at radius 2 is 1.62 bits per heavy atom. The Balaban J connectivity index is 2.28. The standard InChI is InChI=1S/C17H17NO3/c1-12(17(20)21-2)18-16(19)15-11-7-6-10-14(15)13-8-4-3-5-9-13/h3-12H,1-2H3,(H,18,19). The fourth-order valence-electron chi connectivity index (χ4n) is 2.06. The Labute approximate surface area is 123 Å². The van der Waals surface area contributed by atoms with Gasteiger partial charge >= 0.3 is 5.97 Å². The summed E-state index contributed by atoms with van der Waals surface area (Å²) in [5, 5.41) is 2.64. The number of hydrogen-bond acceptors (Lipinski definition) is 3. The molecular formula is C17H17NO3. The highest BCUT2D eigenvalue weighted by molar-refractivity contribution is 6.02. The molecule has 2 rings (SSSR count). The van der Waals surface area contributed by atoms with Gasteiger partial charge in [-0.05, 0) is 24.1 Å². The maximum Gasteiger partial charge on any atom is 0.328 e. The van der Waals surface area contributed by atoms with Crippen LogP contribution >= 0.6 is 0 Å².